The second-order valence-corrected chi connectivity index (χ2v) is 2.10. The molecule has 0 bridgehead atoms. The molecular weight excluding hydrogens is 140 g/mol. The van der Waals surface area contributed by atoms with Crippen LogP contribution in [0.15, 0.2) is 17.2 Å². The fourth-order valence-corrected chi connectivity index (χ4v) is 0.753. The van der Waals surface area contributed by atoms with Crippen molar-refractivity contribution in [1.29, 1.82) is 0 Å². The second-order valence-electron chi connectivity index (χ2n) is 2.10. The van der Waals surface area contributed by atoms with Crippen LogP contribution in [-0.4, -0.2) is 13.2 Å². The first-order chi connectivity index (χ1) is 5.20. The van der Waals surface area contributed by atoms with Crippen molar-refractivity contribution in [3.63, 3.8) is 0 Å². The Morgan fingerprint density at radius 2 is 1.36 bits per heavy atom. The number of hydrogen-bond acceptors (Lipinski definition) is 2. The summed E-state index contributed by atoms with van der Waals surface area (Å²) < 4.78 is 10.3. The van der Waals surface area contributed by atoms with E-state index < -0.39 is 0 Å². The zero-order valence-electron chi connectivity index (χ0n) is 7.73. The number of rotatable bonds is 4. The average molecular weight is 156 g/mol. The van der Waals surface area contributed by atoms with Crippen LogP contribution >= 0.6 is 0 Å². The molecule has 0 aromatic carbocycles. The van der Waals surface area contributed by atoms with Gasteiger partial charge in [0, 0.05) is 13.8 Å². The fraction of sp³-hybridized carbons (Fsp3) is 0.667. The second kappa shape index (κ2) is 5.87. The molecule has 0 saturated heterocycles. The Labute approximate surface area is 68.5 Å². The zero-order chi connectivity index (χ0) is 8.69. The van der Waals surface area contributed by atoms with E-state index in [1.165, 1.54) is 0 Å². The molecule has 0 amide bonds. The van der Waals surface area contributed by atoms with E-state index in [9.17, 15) is 0 Å². The summed E-state index contributed by atoms with van der Waals surface area (Å²) >= 11 is 0. The van der Waals surface area contributed by atoms with E-state index in [2.05, 4.69) is 5.73 Å². The smallest absolute Gasteiger partial charge is 0.138 e. The minimum atomic E-state index is 0.679. The summed E-state index contributed by atoms with van der Waals surface area (Å²) in [5, 5.41) is 0. The number of hydrogen-bond donors (Lipinski definition) is 0. The van der Waals surface area contributed by atoms with Gasteiger partial charge in [-0.3, -0.25) is 0 Å². The topological polar surface area (TPSA) is 18.5 Å². The lowest BCUT2D eigenvalue weighted by Crippen LogP contribution is -1.87. The molecule has 0 aliphatic rings. The highest BCUT2D eigenvalue weighted by Crippen LogP contribution is 1.97. The molecule has 0 N–H and O–H groups in total. The van der Waals surface area contributed by atoms with Crippen molar-refractivity contribution >= 4 is 0 Å². The third kappa shape index (κ3) is 5.56. The van der Waals surface area contributed by atoms with Crippen LogP contribution in [0.3, 0.4) is 0 Å². The summed E-state index contributed by atoms with van der Waals surface area (Å²) in [4.78, 5) is 0. The van der Waals surface area contributed by atoms with Gasteiger partial charge in [-0.25, -0.2) is 0 Å². The molecule has 64 valence electrons. The monoisotopic (exact) mass is 156 g/mol. The highest BCUT2D eigenvalue weighted by molar-refractivity contribution is 4.94. The van der Waals surface area contributed by atoms with Gasteiger partial charge in [-0.15, -0.1) is 0 Å². The van der Waals surface area contributed by atoms with E-state index in [4.69, 9.17) is 9.47 Å². The van der Waals surface area contributed by atoms with E-state index in [1.807, 2.05) is 27.7 Å². The van der Waals surface area contributed by atoms with Gasteiger partial charge in [-0.05, 0) is 19.6 Å². The molecule has 0 aromatic rings. The first-order valence-electron chi connectivity index (χ1n) is 3.90. The van der Waals surface area contributed by atoms with Crippen molar-refractivity contribution in [2.24, 2.45) is 0 Å². The van der Waals surface area contributed by atoms with E-state index in [0.29, 0.717) is 13.2 Å². The lowest BCUT2D eigenvalue weighted by molar-refractivity contribution is 0.218. The van der Waals surface area contributed by atoms with Crippen LogP contribution in [0.4, 0.5) is 0 Å². The Balaban J connectivity index is 4.08. The summed E-state index contributed by atoms with van der Waals surface area (Å²) in [5.41, 5.74) is 2.97. The van der Waals surface area contributed by atoms with E-state index >= 15 is 0 Å². The molecule has 0 aliphatic heterocycles. The lowest BCUT2D eigenvalue weighted by Gasteiger charge is -2.00. The largest absolute Gasteiger partial charge is 0.490 e. The van der Waals surface area contributed by atoms with Gasteiger partial charge >= 0.3 is 0 Å². The van der Waals surface area contributed by atoms with Crippen LogP contribution < -0.4 is 0 Å². The SMILES string of the molecule is CCOC(C)=C=C(C)OCC. The van der Waals surface area contributed by atoms with Gasteiger partial charge in [0.15, 0.2) is 0 Å². The Morgan fingerprint density at radius 3 is 1.64 bits per heavy atom. The predicted octanol–water partition coefficient (Wildman–Crippen LogP) is 2.47. The third-order valence-electron chi connectivity index (χ3n) is 1.07. The van der Waals surface area contributed by atoms with Gasteiger partial charge in [-0.2, -0.15) is 0 Å². The summed E-state index contributed by atoms with van der Waals surface area (Å²) in [5.74, 6) is 1.55. The highest BCUT2D eigenvalue weighted by atomic mass is 16.5. The molecule has 0 radical (unpaired) electrons. The molecule has 0 fully saturated rings. The molecule has 0 aromatic heterocycles. The molecule has 11 heavy (non-hydrogen) atoms. The van der Waals surface area contributed by atoms with Crippen molar-refractivity contribution in [3.05, 3.63) is 17.2 Å². The van der Waals surface area contributed by atoms with Crippen LogP contribution in [0.2, 0.25) is 0 Å². The van der Waals surface area contributed by atoms with Gasteiger partial charge in [0.2, 0.25) is 0 Å². The van der Waals surface area contributed by atoms with Crippen LogP contribution in [0, 0.1) is 0 Å². The molecule has 0 saturated carbocycles. The quantitative estimate of drug-likeness (QED) is 0.460. The average Bonchev–Trinajstić information content (AvgIpc) is 1.87. The van der Waals surface area contributed by atoms with E-state index in [-0.39, 0.29) is 0 Å². The summed E-state index contributed by atoms with van der Waals surface area (Å²) in [6, 6.07) is 0. The minimum absolute atomic E-state index is 0.679. The first kappa shape index (κ1) is 10.1. The number of allylic oxidation sites excluding steroid dienone is 1. The van der Waals surface area contributed by atoms with Crippen molar-refractivity contribution in [3.8, 4) is 0 Å². The maximum absolute atomic E-state index is 5.16. The van der Waals surface area contributed by atoms with Crippen molar-refractivity contribution in [1.82, 2.24) is 0 Å². The molecule has 0 spiro atoms. The molecule has 0 atom stereocenters. The predicted molar refractivity (Wildman–Crippen MR) is 45.1 cm³/mol. The molecular formula is C9H16O2. The third-order valence-corrected chi connectivity index (χ3v) is 1.07. The Bertz CT molecular complexity index is 148. The van der Waals surface area contributed by atoms with Crippen molar-refractivity contribution < 1.29 is 9.47 Å². The molecule has 2 nitrogen and oxygen atoms in total. The Hall–Kier alpha value is -0.880. The van der Waals surface area contributed by atoms with Crippen LogP contribution in [0.25, 0.3) is 0 Å². The van der Waals surface area contributed by atoms with E-state index in [0.717, 1.165) is 11.5 Å². The van der Waals surface area contributed by atoms with Gasteiger partial charge in [0.25, 0.3) is 0 Å². The summed E-state index contributed by atoms with van der Waals surface area (Å²) in [6.45, 7) is 8.98. The van der Waals surface area contributed by atoms with Gasteiger partial charge < -0.3 is 9.47 Å². The maximum atomic E-state index is 5.16. The van der Waals surface area contributed by atoms with Gasteiger partial charge in [0.1, 0.15) is 11.5 Å². The van der Waals surface area contributed by atoms with Gasteiger partial charge in [0.05, 0.1) is 13.2 Å². The Morgan fingerprint density at radius 1 is 1.00 bits per heavy atom. The molecule has 0 unspecified atom stereocenters. The molecule has 0 rings (SSSR count). The Kier molecular flexibility index (Phi) is 5.40. The van der Waals surface area contributed by atoms with Crippen molar-refractivity contribution in [2.75, 3.05) is 13.2 Å². The fourth-order valence-electron chi connectivity index (χ4n) is 0.753. The molecule has 2 heteroatoms. The zero-order valence-corrected chi connectivity index (χ0v) is 7.73. The standard InChI is InChI=1S/C9H16O2/c1-5-10-8(3)7-9(4)11-6-2/h5-6H2,1-4H3. The van der Waals surface area contributed by atoms with Gasteiger partial charge in [-0.1, -0.05) is 0 Å². The number of ether oxygens (including phenoxy) is 2. The first-order valence-corrected chi connectivity index (χ1v) is 3.90. The lowest BCUT2D eigenvalue weighted by atomic mass is 10.5. The van der Waals surface area contributed by atoms with Crippen LogP contribution in [0.1, 0.15) is 27.7 Å². The van der Waals surface area contributed by atoms with Crippen molar-refractivity contribution in [2.45, 2.75) is 27.7 Å². The highest BCUT2D eigenvalue weighted by Gasteiger charge is 1.86. The normalized spacial score (nSPS) is 8.36. The minimum Gasteiger partial charge on any atom is -0.490 e. The molecule has 0 heterocycles. The van der Waals surface area contributed by atoms with E-state index in [1.54, 1.807) is 0 Å². The molecule has 0 aliphatic carbocycles. The van der Waals surface area contributed by atoms with Crippen LogP contribution in [-0.2, 0) is 9.47 Å². The summed E-state index contributed by atoms with van der Waals surface area (Å²) in [7, 11) is 0. The summed E-state index contributed by atoms with van der Waals surface area (Å²) in [6.07, 6.45) is 0. The van der Waals surface area contributed by atoms with Crippen LogP contribution in [0.5, 0.6) is 0 Å². The maximum Gasteiger partial charge on any atom is 0.138 e.